The van der Waals surface area contributed by atoms with E-state index in [0.29, 0.717) is 29.1 Å². The van der Waals surface area contributed by atoms with Crippen LogP contribution in [0, 0.1) is 6.92 Å². The number of nitrogens with zero attached hydrogens (tertiary/aromatic N) is 3. The first-order chi connectivity index (χ1) is 16.1. The van der Waals surface area contributed by atoms with E-state index in [4.69, 9.17) is 9.97 Å². The van der Waals surface area contributed by atoms with Crippen molar-refractivity contribution in [2.45, 2.75) is 13.3 Å². The first-order valence-electron chi connectivity index (χ1n) is 10.8. The summed E-state index contributed by atoms with van der Waals surface area (Å²) in [6.45, 7) is 2.05. The van der Waals surface area contributed by atoms with Gasteiger partial charge in [0.05, 0.1) is 5.69 Å². The van der Waals surface area contributed by atoms with Crippen LogP contribution in [0.1, 0.15) is 28.1 Å². The molecule has 0 unspecified atom stereocenters. The van der Waals surface area contributed by atoms with Crippen LogP contribution < -0.4 is 0 Å². The van der Waals surface area contributed by atoms with Gasteiger partial charge >= 0.3 is 0 Å². The predicted molar refractivity (Wildman–Crippen MR) is 131 cm³/mol. The van der Waals surface area contributed by atoms with Gasteiger partial charge in [0, 0.05) is 18.2 Å². The highest BCUT2D eigenvalue weighted by atomic mass is 16.3. The van der Waals surface area contributed by atoms with Crippen molar-refractivity contribution >= 4 is 17.8 Å². The van der Waals surface area contributed by atoms with E-state index >= 15 is 0 Å². The monoisotopic (exact) mass is 433 g/mol. The van der Waals surface area contributed by atoms with Crippen LogP contribution in [-0.2, 0) is 6.42 Å². The third-order valence-corrected chi connectivity index (χ3v) is 5.57. The first-order valence-corrected chi connectivity index (χ1v) is 10.8. The Bertz CT molecular complexity index is 1440. The summed E-state index contributed by atoms with van der Waals surface area (Å²) in [5, 5.41) is 20.7. The van der Waals surface area contributed by atoms with Crippen molar-refractivity contribution in [3.05, 3.63) is 113 Å². The number of phenolic OH excluding ortho intramolecular Hbond substituents is 1. The Morgan fingerprint density at radius 1 is 0.818 bits per heavy atom. The summed E-state index contributed by atoms with van der Waals surface area (Å²) in [6, 6.07) is 25.0. The van der Waals surface area contributed by atoms with Gasteiger partial charge in [0.25, 0.3) is 0 Å². The highest BCUT2D eigenvalue weighted by molar-refractivity contribution is 5.77. The number of imidazole rings is 1. The Morgan fingerprint density at radius 2 is 1.55 bits per heavy atom. The minimum atomic E-state index is 0.0994. The van der Waals surface area contributed by atoms with Crippen LogP contribution in [0.2, 0.25) is 0 Å². The lowest BCUT2D eigenvalue weighted by atomic mass is 10.1. The molecule has 0 aliphatic rings. The zero-order valence-corrected chi connectivity index (χ0v) is 18.2. The summed E-state index contributed by atoms with van der Waals surface area (Å²) in [6.07, 6.45) is 6.19. The molecular formula is C28H23N3O2. The normalized spacial score (nSPS) is 11.4. The quantitative estimate of drug-likeness (QED) is 0.363. The molecule has 3 aromatic carbocycles. The van der Waals surface area contributed by atoms with Gasteiger partial charge in [-0.1, -0.05) is 66.2 Å². The molecule has 0 atom stereocenters. The lowest BCUT2D eigenvalue weighted by Crippen LogP contribution is -1.95. The predicted octanol–water partition coefficient (Wildman–Crippen LogP) is 5.88. The van der Waals surface area contributed by atoms with Gasteiger partial charge in [0.1, 0.15) is 17.1 Å². The number of fused-ring (bicyclic) bond motifs is 1. The second-order valence-electron chi connectivity index (χ2n) is 8.04. The molecule has 0 bridgehead atoms. The number of aromatic hydroxyl groups is 2. The van der Waals surface area contributed by atoms with Crippen LogP contribution in [0.4, 0.5) is 0 Å². The number of benzene rings is 3. The van der Waals surface area contributed by atoms with E-state index in [2.05, 4.69) is 24.3 Å². The number of phenols is 1. The van der Waals surface area contributed by atoms with Crippen LogP contribution in [-0.4, -0.2) is 24.6 Å². The average molecular weight is 434 g/mol. The molecule has 0 saturated heterocycles. The molecular weight excluding hydrogens is 410 g/mol. The standard InChI is InChI=1S/C28H23N3O2/c1-19-7-9-21(10-8-19)17-25-28(33)31-18-26(22-12-14-23(32)15-13-22)29-24(27(31)30-25)16-11-20-5-3-2-4-6-20/h2-16,18,32-33H,17H2,1H3/b16-11+. The lowest BCUT2D eigenvalue weighted by molar-refractivity contribution is 0.442. The second kappa shape index (κ2) is 8.63. The maximum atomic E-state index is 11.0. The fourth-order valence-electron chi connectivity index (χ4n) is 3.75. The maximum Gasteiger partial charge on any atom is 0.219 e. The summed E-state index contributed by atoms with van der Waals surface area (Å²) in [5.41, 5.74) is 6.64. The largest absolute Gasteiger partial charge is 0.508 e. The number of aromatic nitrogens is 3. The third-order valence-electron chi connectivity index (χ3n) is 5.57. The molecule has 0 amide bonds. The van der Waals surface area contributed by atoms with Crippen LogP contribution in [0.25, 0.3) is 29.1 Å². The van der Waals surface area contributed by atoms with E-state index in [1.165, 1.54) is 5.56 Å². The lowest BCUT2D eigenvalue weighted by Gasteiger charge is -2.06. The number of hydrogen-bond donors (Lipinski definition) is 2. The third kappa shape index (κ3) is 4.34. The minimum Gasteiger partial charge on any atom is -0.508 e. The molecule has 0 aliphatic heterocycles. The van der Waals surface area contributed by atoms with Gasteiger partial charge in [-0.2, -0.15) is 0 Å². The summed E-state index contributed by atoms with van der Waals surface area (Å²) in [7, 11) is 0. The molecule has 0 saturated carbocycles. The van der Waals surface area contributed by atoms with E-state index in [-0.39, 0.29) is 11.6 Å². The van der Waals surface area contributed by atoms with Crippen LogP contribution >= 0.6 is 0 Å². The van der Waals surface area contributed by atoms with Gasteiger partial charge in [-0.3, -0.25) is 4.40 Å². The van der Waals surface area contributed by atoms with Gasteiger partial charge in [0.15, 0.2) is 5.65 Å². The summed E-state index contributed by atoms with van der Waals surface area (Å²) in [4.78, 5) is 9.58. The van der Waals surface area contributed by atoms with Gasteiger partial charge in [-0.25, -0.2) is 9.97 Å². The van der Waals surface area contributed by atoms with E-state index in [1.807, 2.05) is 49.4 Å². The molecule has 5 aromatic rings. The van der Waals surface area contributed by atoms with Crippen molar-refractivity contribution in [1.29, 1.82) is 0 Å². The molecule has 33 heavy (non-hydrogen) atoms. The van der Waals surface area contributed by atoms with E-state index in [1.54, 1.807) is 34.9 Å². The number of hydrogen-bond acceptors (Lipinski definition) is 4. The Morgan fingerprint density at radius 3 is 2.27 bits per heavy atom. The van der Waals surface area contributed by atoms with Crippen LogP contribution in [0.3, 0.4) is 0 Å². The van der Waals surface area contributed by atoms with Crippen LogP contribution in [0.5, 0.6) is 11.6 Å². The van der Waals surface area contributed by atoms with Gasteiger partial charge < -0.3 is 10.2 Å². The van der Waals surface area contributed by atoms with Crippen molar-refractivity contribution in [3.63, 3.8) is 0 Å². The molecule has 0 radical (unpaired) electrons. The molecule has 5 heteroatoms. The Balaban J connectivity index is 1.63. The maximum absolute atomic E-state index is 11.0. The molecule has 5 rings (SSSR count). The smallest absolute Gasteiger partial charge is 0.219 e. The highest BCUT2D eigenvalue weighted by Crippen LogP contribution is 2.28. The molecule has 0 aliphatic carbocycles. The van der Waals surface area contributed by atoms with Crippen molar-refractivity contribution in [2.75, 3.05) is 0 Å². The molecule has 162 valence electrons. The summed E-state index contributed by atoms with van der Waals surface area (Å²) < 4.78 is 1.68. The Labute approximate surface area is 192 Å². The molecule has 5 nitrogen and oxygen atoms in total. The zero-order chi connectivity index (χ0) is 22.8. The van der Waals surface area contributed by atoms with Crippen molar-refractivity contribution in [3.8, 4) is 22.9 Å². The molecule has 2 aromatic heterocycles. The van der Waals surface area contributed by atoms with E-state index < -0.39 is 0 Å². The SMILES string of the molecule is Cc1ccc(Cc2nc3c(/C=C/c4ccccc4)nc(-c4ccc(O)cc4)cn3c2O)cc1. The van der Waals surface area contributed by atoms with Crippen LogP contribution in [0.15, 0.2) is 85.1 Å². The first kappa shape index (κ1) is 20.5. The van der Waals surface area contributed by atoms with Crippen molar-refractivity contribution in [1.82, 2.24) is 14.4 Å². The van der Waals surface area contributed by atoms with Crippen molar-refractivity contribution in [2.24, 2.45) is 0 Å². The number of aryl methyl sites for hydroxylation is 1. The fraction of sp³-hybridized carbons (Fsp3) is 0.0714. The molecule has 2 heterocycles. The van der Waals surface area contributed by atoms with Gasteiger partial charge in [-0.05, 0) is 48.4 Å². The minimum absolute atomic E-state index is 0.0994. The zero-order valence-electron chi connectivity index (χ0n) is 18.2. The average Bonchev–Trinajstić information content (AvgIpc) is 3.15. The van der Waals surface area contributed by atoms with Gasteiger partial charge in [-0.15, -0.1) is 0 Å². The molecule has 0 fully saturated rings. The molecule has 0 spiro atoms. The Kier molecular flexibility index (Phi) is 5.37. The fourth-order valence-corrected chi connectivity index (χ4v) is 3.75. The highest BCUT2D eigenvalue weighted by Gasteiger charge is 2.16. The van der Waals surface area contributed by atoms with E-state index in [0.717, 1.165) is 16.7 Å². The van der Waals surface area contributed by atoms with E-state index in [9.17, 15) is 10.2 Å². The topological polar surface area (TPSA) is 70.7 Å². The van der Waals surface area contributed by atoms with Gasteiger partial charge in [0.2, 0.25) is 5.88 Å². The number of rotatable bonds is 5. The Hall–Kier alpha value is -4.38. The summed E-state index contributed by atoms with van der Waals surface area (Å²) in [5.74, 6) is 0.289. The van der Waals surface area contributed by atoms with Crippen molar-refractivity contribution < 1.29 is 10.2 Å². The second-order valence-corrected chi connectivity index (χ2v) is 8.04. The summed E-state index contributed by atoms with van der Waals surface area (Å²) >= 11 is 0. The molecule has 2 N–H and O–H groups in total.